The highest BCUT2D eigenvalue weighted by Gasteiger charge is 2.46. The summed E-state index contributed by atoms with van der Waals surface area (Å²) >= 11 is 12.8. The Balaban J connectivity index is 1.95. The number of methoxy groups -OCH3 is 3. The minimum Gasteiger partial charge on any atom is -0.507 e. The van der Waals surface area contributed by atoms with Crippen molar-refractivity contribution in [3.05, 3.63) is 92.5 Å². The fourth-order valence-electron chi connectivity index (χ4n) is 4.76. The second kappa shape index (κ2) is 11.6. The number of benzene rings is 3. The number of Topliss-reactive ketones (excluding diaryl/α,β-unsaturated/α-hetero) is 1. The maximum atomic E-state index is 13.6. The molecular weight excluding hydrogens is 541 g/mol. The van der Waals surface area contributed by atoms with Crippen LogP contribution in [0, 0.1) is 0 Å². The predicted molar refractivity (Wildman–Crippen MR) is 151 cm³/mol. The van der Waals surface area contributed by atoms with Gasteiger partial charge in [-0.15, -0.1) is 0 Å². The number of halogens is 2. The van der Waals surface area contributed by atoms with E-state index in [-0.39, 0.29) is 45.1 Å². The molecule has 1 amide bonds. The van der Waals surface area contributed by atoms with Gasteiger partial charge < -0.3 is 24.2 Å². The Hall–Kier alpha value is -3.68. The second-order valence-electron chi connectivity index (χ2n) is 9.35. The highest BCUT2D eigenvalue weighted by atomic mass is 35.5. The van der Waals surface area contributed by atoms with E-state index in [4.69, 9.17) is 37.4 Å². The number of carbonyl (C=O) groups is 2. The van der Waals surface area contributed by atoms with Crippen LogP contribution in [0.25, 0.3) is 5.76 Å². The lowest BCUT2D eigenvalue weighted by atomic mass is 9.93. The molecule has 0 radical (unpaired) electrons. The van der Waals surface area contributed by atoms with Crippen LogP contribution in [0.4, 0.5) is 0 Å². The summed E-state index contributed by atoms with van der Waals surface area (Å²) in [7, 11) is 4.31. The topological polar surface area (TPSA) is 85.3 Å². The molecule has 1 aliphatic heterocycles. The Bertz CT molecular complexity index is 1450. The molecule has 0 spiro atoms. The van der Waals surface area contributed by atoms with Gasteiger partial charge in [-0.05, 0) is 29.2 Å². The van der Waals surface area contributed by atoms with Gasteiger partial charge in [-0.25, -0.2) is 0 Å². The van der Waals surface area contributed by atoms with Gasteiger partial charge in [0.1, 0.15) is 16.5 Å². The van der Waals surface area contributed by atoms with Gasteiger partial charge in [0.15, 0.2) is 11.5 Å². The molecule has 204 valence electrons. The minimum atomic E-state index is -0.902. The van der Waals surface area contributed by atoms with Gasteiger partial charge in [-0.3, -0.25) is 9.59 Å². The number of likely N-dealkylation sites (tertiary alicyclic amines) is 1. The molecule has 1 fully saturated rings. The minimum absolute atomic E-state index is 0.0233. The summed E-state index contributed by atoms with van der Waals surface area (Å²) in [6.07, 6.45) is 0. The molecule has 0 aliphatic carbocycles. The number of amides is 1. The molecule has 9 heteroatoms. The van der Waals surface area contributed by atoms with Crippen molar-refractivity contribution in [3.8, 4) is 17.2 Å². The van der Waals surface area contributed by atoms with E-state index in [1.807, 2.05) is 42.5 Å². The Kier molecular flexibility index (Phi) is 8.42. The standard InChI is InChI=1S/C30H29Cl2NO6/c1-16(2)17-10-12-18(13-11-17)25-23(26(34)20-14-21(31)29(39-5)24(32)28(20)38-4)27(35)30(36)33(25)15-19-8-6-7-9-22(19)37-3/h6-14,16,25,34H,15H2,1-5H3/b26-23+. The maximum absolute atomic E-state index is 13.6. The van der Waals surface area contributed by atoms with Crippen LogP contribution >= 0.6 is 23.2 Å². The Morgan fingerprint density at radius 2 is 1.59 bits per heavy atom. The van der Waals surface area contributed by atoms with Crippen molar-refractivity contribution in [2.75, 3.05) is 21.3 Å². The molecule has 4 rings (SSSR count). The number of aliphatic hydroxyl groups is 1. The highest BCUT2D eigenvalue weighted by Crippen LogP contribution is 2.47. The molecule has 3 aromatic carbocycles. The number of ketones is 1. The molecule has 3 aromatic rings. The number of hydrogen-bond donors (Lipinski definition) is 1. The summed E-state index contributed by atoms with van der Waals surface area (Å²) in [5.41, 5.74) is 2.41. The molecule has 1 saturated heterocycles. The zero-order valence-electron chi connectivity index (χ0n) is 22.2. The number of nitrogens with zero attached hydrogens (tertiary/aromatic N) is 1. The molecule has 0 aromatic heterocycles. The summed E-state index contributed by atoms with van der Waals surface area (Å²) < 4.78 is 16.2. The van der Waals surface area contributed by atoms with Gasteiger partial charge >= 0.3 is 0 Å². The first kappa shape index (κ1) is 28.3. The van der Waals surface area contributed by atoms with Crippen molar-refractivity contribution in [2.45, 2.75) is 32.4 Å². The molecule has 1 N–H and O–H groups in total. The number of rotatable bonds is 8. The largest absolute Gasteiger partial charge is 0.507 e. The van der Waals surface area contributed by atoms with E-state index >= 15 is 0 Å². The van der Waals surface area contributed by atoms with Crippen LogP contribution in [0.15, 0.2) is 60.2 Å². The van der Waals surface area contributed by atoms with Gasteiger partial charge in [-0.1, -0.05) is 79.5 Å². The molecule has 39 heavy (non-hydrogen) atoms. The van der Waals surface area contributed by atoms with Gasteiger partial charge in [0.2, 0.25) is 0 Å². The first-order chi connectivity index (χ1) is 18.6. The Labute approximate surface area is 237 Å². The van der Waals surface area contributed by atoms with E-state index in [1.165, 1.54) is 25.2 Å². The number of para-hydroxylation sites is 1. The van der Waals surface area contributed by atoms with Crippen LogP contribution in [0.2, 0.25) is 10.0 Å². The predicted octanol–water partition coefficient (Wildman–Crippen LogP) is 6.76. The molecule has 1 unspecified atom stereocenters. The SMILES string of the molecule is COc1ccccc1CN1C(=O)C(=O)/C(=C(/O)c2cc(Cl)c(OC)c(Cl)c2OC)C1c1ccc(C(C)C)cc1. The second-order valence-corrected chi connectivity index (χ2v) is 10.1. The molecule has 0 saturated carbocycles. The van der Waals surface area contributed by atoms with Crippen molar-refractivity contribution in [2.24, 2.45) is 0 Å². The Morgan fingerprint density at radius 1 is 0.949 bits per heavy atom. The van der Waals surface area contributed by atoms with E-state index < -0.39 is 23.5 Å². The quantitative estimate of drug-likeness (QED) is 0.183. The normalized spacial score (nSPS) is 16.6. The highest BCUT2D eigenvalue weighted by molar-refractivity contribution is 6.47. The van der Waals surface area contributed by atoms with Gasteiger partial charge in [-0.2, -0.15) is 0 Å². The van der Waals surface area contributed by atoms with Crippen LogP contribution in [-0.4, -0.2) is 43.0 Å². The van der Waals surface area contributed by atoms with Crippen LogP contribution < -0.4 is 14.2 Å². The fourth-order valence-corrected chi connectivity index (χ4v) is 5.45. The molecule has 1 heterocycles. The van der Waals surface area contributed by atoms with Crippen molar-refractivity contribution in [1.82, 2.24) is 4.90 Å². The zero-order valence-corrected chi connectivity index (χ0v) is 23.8. The van der Waals surface area contributed by atoms with Crippen molar-refractivity contribution in [3.63, 3.8) is 0 Å². The van der Waals surface area contributed by atoms with Crippen molar-refractivity contribution < 1.29 is 28.9 Å². The number of ether oxygens (including phenoxy) is 3. The smallest absolute Gasteiger partial charge is 0.295 e. The number of hydrogen-bond acceptors (Lipinski definition) is 6. The monoisotopic (exact) mass is 569 g/mol. The fraction of sp³-hybridized carbons (Fsp3) is 0.267. The van der Waals surface area contributed by atoms with Crippen LogP contribution in [0.5, 0.6) is 17.2 Å². The number of carbonyl (C=O) groups excluding carboxylic acids is 2. The first-order valence-electron chi connectivity index (χ1n) is 12.2. The van der Waals surface area contributed by atoms with E-state index in [9.17, 15) is 14.7 Å². The molecule has 7 nitrogen and oxygen atoms in total. The summed E-state index contributed by atoms with van der Waals surface area (Å²) in [6.45, 7) is 4.22. The summed E-state index contributed by atoms with van der Waals surface area (Å²) in [5, 5.41) is 11.7. The summed E-state index contributed by atoms with van der Waals surface area (Å²) in [5.74, 6) is -0.993. The van der Waals surface area contributed by atoms with Crippen LogP contribution in [0.3, 0.4) is 0 Å². The zero-order chi connectivity index (χ0) is 28.4. The lowest BCUT2D eigenvalue weighted by Crippen LogP contribution is -2.29. The molecule has 1 atom stereocenters. The lowest BCUT2D eigenvalue weighted by molar-refractivity contribution is -0.140. The van der Waals surface area contributed by atoms with E-state index in [0.29, 0.717) is 16.9 Å². The first-order valence-corrected chi connectivity index (χ1v) is 13.0. The third kappa shape index (κ3) is 5.16. The third-order valence-corrected chi connectivity index (χ3v) is 7.41. The average Bonchev–Trinajstić information content (AvgIpc) is 3.17. The van der Waals surface area contributed by atoms with Crippen molar-refractivity contribution in [1.29, 1.82) is 0 Å². The Morgan fingerprint density at radius 3 is 2.18 bits per heavy atom. The van der Waals surface area contributed by atoms with E-state index in [1.54, 1.807) is 13.2 Å². The average molecular weight is 570 g/mol. The van der Waals surface area contributed by atoms with Crippen LogP contribution in [0.1, 0.15) is 48.1 Å². The van der Waals surface area contributed by atoms with E-state index in [0.717, 1.165) is 5.56 Å². The van der Waals surface area contributed by atoms with E-state index in [2.05, 4.69) is 13.8 Å². The molecule has 0 bridgehead atoms. The maximum Gasteiger partial charge on any atom is 0.295 e. The van der Waals surface area contributed by atoms with Gasteiger partial charge in [0.25, 0.3) is 11.7 Å². The number of aliphatic hydroxyl groups excluding tert-OH is 1. The third-order valence-electron chi connectivity index (χ3n) is 6.79. The van der Waals surface area contributed by atoms with Gasteiger partial charge in [0.05, 0.1) is 50.1 Å². The van der Waals surface area contributed by atoms with Gasteiger partial charge in [0, 0.05) is 5.56 Å². The lowest BCUT2D eigenvalue weighted by Gasteiger charge is -2.26. The summed E-state index contributed by atoms with van der Waals surface area (Å²) in [4.78, 5) is 28.5. The van der Waals surface area contributed by atoms with Crippen LogP contribution in [-0.2, 0) is 16.1 Å². The van der Waals surface area contributed by atoms with Crippen molar-refractivity contribution >= 4 is 40.7 Å². The summed E-state index contributed by atoms with van der Waals surface area (Å²) in [6, 6.07) is 15.4. The molecule has 1 aliphatic rings. The molecular formula is C30H29Cl2NO6.